The van der Waals surface area contributed by atoms with Crippen LogP contribution in [-0.2, 0) is 11.2 Å². The van der Waals surface area contributed by atoms with Gasteiger partial charge in [0.2, 0.25) is 0 Å². The van der Waals surface area contributed by atoms with Crippen molar-refractivity contribution in [3.05, 3.63) is 23.4 Å². The van der Waals surface area contributed by atoms with Crippen LogP contribution in [0.2, 0.25) is 0 Å². The van der Waals surface area contributed by atoms with Crippen LogP contribution in [0.4, 0.5) is 5.82 Å². The van der Waals surface area contributed by atoms with Crippen LogP contribution in [0.3, 0.4) is 0 Å². The lowest BCUT2D eigenvalue weighted by Gasteiger charge is -2.38. The summed E-state index contributed by atoms with van der Waals surface area (Å²) in [4.78, 5) is 18.9. The fourth-order valence-electron chi connectivity index (χ4n) is 2.39. The Bertz CT molecular complexity index is 478. The van der Waals surface area contributed by atoms with E-state index in [4.69, 9.17) is 4.74 Å². The lowest BCUT2D eigenvalue weighted by molar-refractivity contribution is -0.0764. The van der Waals surface area contributed by atoms with Gasteiger partial charge >= 0.3 is 0 Å². The Morgan fingerprint density at radius 2 is 2.25 bits per heavy atom. The third kappa shape index (κ3) is 3.28. The molecule has 1 saturated heterocycles. The number of morpholine rings is 1. The molecule has 1 N–H and O–H groups in total. The summed E-state index contributed by atoms with van der Waals surface area (Å²) in [5.74, 6) is 0.787. The van der Waals surface area contributed by atoms with Crippen molar-refractivity contribution < 1.29 is 9.53 Å². The van der Waals surface area contributed by atoms with Gasteiger partial charge in [0.1, 0.15) is 5.82 Å². The summed E-state index contributed by atoms with van der Waals surface area (Å²) < 4.78 is 5.65. The van der Waals surface area contributed by atoms with Gasteiger partial charge in [-0.25, -0.2) is 4.98 Å². The van der Waals surface area contributed by atoms with E-state index >= 15 is 0 Å². The first-order valence-electron chi connectivity index (χ1n) is 7.07. The molecule has 0 saturated carbocycles. The lowest BCUT2D eigenvalue weighted by atomic mass is 10.1. The zero-order valence-corrected chi connectivity index (χ0v) is 12.7. The zero-order chi connectivity index (χ0) is 14.8. The van der Waals surface area contributed by atoms with Gasteiger partial charge in [0, 0.05) is 31.4 Å². The molecule has 2 rings (SSSR count). The van der Waals surface area contributed by atoms with Gasteiger partial charge in [0.05, 0.1) is 12.2 Å². The molecular formula is C15H23N3O2. The number of hydrogen-bond acceptors (Lipinski definition) is 4. The SMILES string of the molecule is CCc1cc(C(=O)N2CCOC(C)(C)C2)cc(NC)n1. The smallest absolute Gasteiger partial charge is 0.254 e. The van der Waals surface area contributed by atoms with Crippen LogP contribution in [0.15, 0.2) is 12.1 Å². The van der Waals surface area contributed by atoms with Crippen molar-refractivity contribution in [2.75, 3.05) is 32.1 Å². The highest BCUT2D eigenvalue weighted by Gasteiger charge is 2.30. The van der Waals surface area contributed by atoms with E-state index < -0.39 is 0 Å². The van der Waals surface area contributed by atoms with Gasteiger partial charge in [-0.2, -0.15) is 0 Å². The van der Waals surface area contributed by atoms with Gasteiger partial charge in [-0.05, 0) is 32.4 Å². The minimum absolute atomic E-state index is 0.0509. The molecule has 2 heterocycles. The molecule has 1 aliphatic heterocycles. The molecular weight excluding hydrogens is 254 g/mol. The Hall–Kier alpha value is -1.62. The minimum Gasteiger partial charge on any atom is -0.373 e. The molecule has 0 radical (unpaired) electrons. The van der Waals surface area contributed by atoms with Crippen molar-refractivity contribution in [2.45, 2.75) is 32.8 Å². The maximum Gasteiger partial charge on any atom is 0.254 e. The summed E-state index contributed by atoms with van der Waals surface area (Å²) in [5, 5.41) is 3.01. The molecule has 0 atom stereocenters. The van der Waals surface area contributed by atoms with Crippen molar-refractivity contribution in [1.82, 2.24) is 9.88 Å². The van der Waals surface area contributed by atoms with Gasteiger partial charge in [0.15, 0.2) is 0 Å². The lowest BCUT2D eigenvalue weighted by Crippen LogP contribution is -2.50. The summed E-state index contributed by atoms with van der Waals surface area (Å²) in [5.41, 5.74) is 1.34. The number of carbonyl (C=O) groups is 1. The van der Waals surface area contributed by atoms with Crippen LogP contribution in [-0.4, -0.2) is 48.1 Å². The number of ether oxygens (including phenoxy) is 1. The number of carbonyl (C=O) groups excluding carboxylic acids is 1. The highest BCUT2D eigenvalue weighted by atomic mass is 16.5. The molecule has 1 amide bonds. The normalized spacial score (nSPS) is 17.9. The Balaban J connectivity index is 2.24. The number of amides is 1. The van der Waals surface area contributed by atoms with E-state index in [0.29, 0.717) is 25.3 Å². The molecule has 1 aromatic heterocycles. The third-order valence-electron chi connectivity index (χ3n) is 3.46. The number of anilines is 1. The van der Waals surface area contributed by atoms with E-state index in [0.717, 1.165) is 17.9 Å². The van der Waals surface area contributed by atoms with E-state index in [9.17, 15) is 4.79 Å². The van der Waals surface area contributed by atoms with Gasteiger partial charge in [-0.3, -0.25) is 4.79 Å². The first kappa shape index (κ1) is 14.8. The predicted octanol–water partition coefficient (Wildman–Crippen LogP) is 1.94. The van der Waals surface area contributed by atoms with Crippen LogP contribution in [0.1, 0.15) is 36.8 Å². The van der Waals surface area contributed by atoms with Crippen LogP contribution in [0, 0.1) is 0 Å². The maximum absolute atomic E-state index is 12.6. The molecule has 1 aromatic rings. The topological polar surface area (TPSA) is 54.5 Å². The molecule has 1 fully saturated rings. The van der Waals surface area contributed by atoms with E-state index in [1.54, 1.807) is 0 Å². The second-order valence-electron chi connectivity index (χ2n) is 5.67. The standard InChI is InChI=1S/C15H23N3O2/c1-5-12-8-11(9-13(16-4)17-12)14(19)18-6-7-20-15(2,3)10-18/h8-9H,5-7,10H2,1-4H3,(H,16,17). The monoisotopic (exact) mass is 277 g/mol. The maximum atomic E-state index is 12.6. The third-order valence-corrected chi connectivity index (χ3v) is 3.46. The first-order valence-corrected chi connectivity index (χ1v) is 7.07. The Morgan fingerprint density at radius 1 is 1.50 bits per heavy atom. The zero-order valence-electron chi connectivity index (χ0n) is 12.7. The van der Waals surface area contributed by atoms with Gasteiger partial charge in [-0.15, -0.1) is 0 Å². The number of pyridine rings is 1. The molecule has 20 heavy (non-hydrogen) atoms. The van der Waals surface area contributed by atoms with Crippen LogP contribution in [0.25, 0.3) is 0 Å². The Kier molecular flexibility index (Phi) is 4.28. The van der Waals surface area contributed by atoms with Gasteiger partial charge < -0.3 is 15.0 Å². The summed E-state index contributed by atoms with van der Waals surface area (Å²) >= 11 is 0. The molecule has 5 heteroatoms. The van der Waals surface area contributed by atoms with Crippen molar-refractivity contribution in [1.29, 1.82) is 0 Å². The molecule has 0 spiro atoms. The van der Waals surface area contributed by atoms with Crippen LogP contribution >= 0.6 is 0 Å². The van der Waals surface area contributed by atoms with E-state index in [-0.39, 0.29) is 11.5 Å². The summed E-state index contributed by atoms with van der Waals surface area (Å²) in [6, 6.07) is 3.69. The molecule has 1 aliphatic rings. The number of nitrogens with zero attached hydrogens (tertiary/aromatic N) is 2. The predicted molar refractivity (Wildman–Crippen MR) is 79.1 cm³/mol. The van der Waals surface area contributed by atoms with Gasteiger partial charge in [-0.1, -0.05) is 6.92 Å². The molecule has 0 bridgehead atoms. The van der Waals surface area contributed by atoms with Crippen LogP contribution < -0.4 is 5.32 Å². The molecule has 0 aromatic carbocycles. The Morgan fingerprint density at radius 3 is 2.85 bits per heavy atom. The largest absolute Gasteiger partial charge is 0.373 e. The number of hydrogen-bond donors (Lipinski definition) is 1. The van der Waals surface area contributed by atoms with Crippen LogP contribution in [0.5, 0.6) is 0 Å². The second-order valence-corrected chi connectivity index (χ2v) is 5.67. The summed E-state index contributed by atoms with van der Waals surface area (Å²) in [7, 11) is 1.81. The second kappa shape index (κ2) is 5.79. The highest BCUT2D eigenvalue weighted by molar-refractivity contribution is 5.95. The van der Waals surface area contributed by atoms with Crippen molar-refractivity contribution in [3.8, 4) is 0 Å². The number of aryl methyl sites for hydroxylation is 1. The number of aromatic nitrogens is 1. The average Bonchev–Trinajstić information content (AvgIpc) is 2.44. The van der Waals surface area contributed by atoms with E-state index in [1.165, 1.54) is 0 Å². The fourth-order valence-corrected chi connectivity index (χ4v) is 2.39. The Labute approximate surface area is 120 Å². The summed E-state index contributed by atoms with van der Waals surface area (Å²) in [6.07, 6.45) is 0.810. The van der Waals surface area contributed by atoms with Gasteiger partial charge in [0.25, 0.3) is 5.91 Å². The number of nitrogens with one attached hydrogen (secondary N) is 1. The fraction of sp³-hybridized carbons (Fsp3) is 0.600. The summed E-state index contributed by atoms with van der Waals surface area (Å²) in [6.45, 7) is 7.90. The molecule has 0 aliphatic carbocycles. The quantitative estimate of drug-likeness (QED) is 0.917. The minimum atomic E-state index is -0.277. The molecule has 0 unspecified atom stereocenters. The van der Waals surface area contributed by atoms with E-state index in [2.05, 4.69) is 10.3 Å². The van der Waals surface area contributed by atoms with Crippen molar-refractivity contribution in [3.63, 3.8) is 0 Å². The number of rotatable bonds is 3. The first-order chi connectivity index (χ1) is 9.45. The van der Waals surface area contributed by atoms with Crippen molar-refractivity contribution >= 4 is 11.7 Å². The van der Waals surface area contributed by atoms with E-state index in [1.807, 2.05) is 44.9 Å². The highest BCUT2D eigenvalue weighted by Crippen LogP contribution is 2.20. The molecule has 110 valence electrons. The average molecular weight is 277 g/mol. The molecule has 5 nitrogen and oxygen atoms in total. The van der Waals surface area contributed by atoms with Crippen molar-refractivity contribution in [2.24, 2.45) is 0 Å².